The van der Waals surface area contributed by atoms with E-state index in [2.05, 4.69) is 18.9 Å². The molecule has 0 atom stereocenters. The summed E-state index contributed by atoms with van der Waals surface area (Å²) in [4.78, 5) is 29.4. The van der Waals surface area contributed by atoms with E-state index in [1.165, 1.54) is 30.1 Å². The summed E-state index contributed by atoms with van der Waals surface area (Å²) in [5.74, 6) is 1.94. The van der Waals surface area contributed by atoms with E-state index in [-0.39, 0.29) is 34.5 Å². The second kappa shape index (κ2) is 13.8. The molecular formula is C35H33ClN4O6. The minimum Gasteiger partial charge on any atom is -0.494 e. The number of non-ortho nitro benzene ring substituents is 1. The summed E-state index contributed by atoms with van der Waals surface area (Å²) in [6, 6.07) is 20.6. The highest BCUT2D eigenvalue weighted by Crippen LogP contribution is 2.37. The maximum atomic E-state index is 13.8. The van der Waals surface area contributed by atoms with Gasteiger partial charge >= 0.3 is 0 Å². The Hall–Kier alpha value is -5.22. The Balaban J connectivity index is 1.56. The molecule has 5 rings (SSSR count). The van der Waals surface area contributed by atoms with Gasteiger partial charge in [-0.1, -0.05) is 49.7 Å². The number of ether oxygens (including phenoxy) is 3. The number of para-hydroxylation sites is 1. The van der Waals surface area contributed by atoms with Gasteiger partial charge in [-0.25, -0.2) is 4.98 Å². The lowest BCUT2D eigenvalue weighted by molar-refractivity contribution is -0.384. The van der Waals surface area contributed by atoms with E-state index in [1.54, 1.807) is 42.5 Å². The molecule has 46 heavy (non-hydrogen) atoms. The summed E-state index contributed by atoms with van der Waals surface area (Å²) in [5.41, 5.74) is 3.97. The largest absolute Gasteiger partial charge is 0.494 e. The number of methoxy groups -OCH3 is 1. The smallest absolute Gasteiger partial charge is 0.282 e. The van der Waals surface area contributed by atoms with Crippen molar-refractivity contribution in [1.82, 2.24) is 9.66 Å². The summed E-state index contributed by atoms with van der Waals surface area (Å²) in [7, 11) is 1.48. The molecule has 0 saturated heterocycles. The van der Waals surface area contributed by atoms with Crippen LogP contribution in [-0.4, -0.2) is 34.5 Å². The van der Waals surface area contributed by atoms with Gasteiger partial charge in [0.1, 0.15) is 12.4 Å². The molecule has 236 valence electrons. The molecule has 1 heterocycles. The minimum atomic E-state index is -0.465. The van der Waals surface area contributed by atoms with E-state index in [0.717, 1.165) is 22.4 Å². The monoisotopic (exact) mass is 640 g/mol. The maximum absolute atomic E-state index is 13.8. The molecule has 11 heteroatoms. The fourth-order valence-electron chi connectivity index (χ4n) is 5.07. The van der Waals surface area contributed by atoms with Gasteiger partial charge in [0, 0.05) is 17.7 Å². The molecule has 0 spiro atoms. The first kappa shape index (κ1) is 32.2. The first-order valence-corrected chi connectivity index (χ1v) is 15.1. The zero-order valence-corrected chi connectivity index (χ0v) is 26.9. The maximum Gasteiger partial charge on any atom is 0.282 e. The highest BCUT2D eigenvalue weighted by atomic mass is 35.5. The number of aryl methyl sites for hydroxylation is 1. The van der Waals surface area contributed by atoms with Crippen molar-refractivity contribution in [3.05, 3.63) is 121 Å². The van der Waals surface area contributed by atoms with Gasteiger partial charge in [-0.2, -0.15) is 9.78 Å². The molecule has 5 aromatic rings. The van der Waals surface area contributed by atoms with Crippen LogP contribution in [0.5, 0.6) is 17.2 Å². The van der Waals surface area contributed by atoms with E-state index < -0.39 is 4.92 Å². The standard InChI is InChI=1S/C35H33ClN4O6/c1-6-45-31-14-22(4)28(18-27(31)21(2)3)34-38-30-13-8-7-12-26(30)35(41)39(34)37-19-24-16-29(36)33(32(17-24)44-5)46-20-23-10-9-11-25(15-23)40(42)43/h7-19,21H,6,20H2,1-5H3. The fourth-order valence-corrected chi connectivity index (χ4v) is 5.34. The van der Waals surface area contributed by atoms with Crippen LogP contribution in [-0.2, 0) is 6.61 Å². The SMILES string of the molecule is CCOc1cc(C)c(-c2nc3ccccc3c(=O)n2N=Cc2cc(Cl)c(OCc3cccc([N+](=O)[O-])c3)c(OC)c2)cc1C(C)C. The van der Waals surface area contributed by atoms with Crippen LogP contribution in [0, 0.1) is 17.0 Å². The van der Waals surface area contributed by atoms with E-state index in [4.69, 9.17) is 30.8 Å². The lowest BCUT2D eigenvalue weighted by Gasteiger charge is -2.18. The normalized spacial score (nSPS) is 11.4. The van der Waals surface area contributed by atoms with Crippen LogP contribution >= 0.6 is 11.6 Å². The van der Waals surface area contributed by atoms with E-state index >= 15 is 0 Å². The van der Waals surface area contributed by atoms with Crippen molar-refractivity contribution in [3.8, 4) is 28.6 Å². The minimum absolute atomic E-state index is 0.0342. The summed E-state index contributed by atoms with van der Waals surface area (Å²) < 4.78 is 18.7. The van der Waals surface area contributed by atoms with Gasteiger partial charge in [0.25, 0.3) is 11.2 Å². The van der Waals surface area contributed by atoms with E-state index in [9.17, 15) is 14.9 Å². The third-order valence-corrected chi connectivity index (χ3v) is 7.63. The molecular weight excluding hydrogens is 608 g/mol. The molecule has 10 nitrogen and oxygen atoms in total. The quantitative estimate of drug-likeness (QED) is 0.0817. The van der Waals surface area contributed by atoms with E-state index in [1.807, 2.05) is 32.0 Å². The number of aromatic nitrogens is 2. The average Bonchev–Trinajstić information content (AvgIpc) is 3.03. The number of rotatable bonds is 11. The Morgan fingerprint density at radius 2 is 1.83 bits per heavy atom. The molecule has 4 aromatic carbocycles. The van der Waals surface area contributed by atoms with Gasteiger partial charge in [0.05, 0.1) is 40.8 Å². The van der Waals surface area contributed by atoms with Gasteiger partial charge in [0.15, 0.2) is 17.3 Å². The van der Waals surface area contributed by atoms with Crippen LogP contribution in [0.25, 0.3) is 22.3 Å². The molecule has 0 fully saturated rings. The van der Waals surface area contributed by atoms with Crippen molar-refractivity contribution in [3.63, 3.8) is 0 Å². The number of fused-ring (bicyclic) bond motifs is 1. The van der Waals surface area contributed by atoms with Crippen LogP contribution in [0.2, 0.25) is 5.02 Å². The van der Waals surface area contributed by atoms with Gasteiger partial charge in [0.2, 0.25) is 0 Å². The zero-order valence-electron chi connectivity index (χ0n) is 26.1. The second-order valence-corrected chi connectivity index (χ2v) is 11.3. The molecule has 0 aliphatic carbocycles. The highest BCUT2D eigenvalue weighted by molar-refractivity contribution is 6.32. The molecule has 0 aliphatic rings. The summed E-state index contributed by atoms with van der Waals surface area (Å²) in [5, 5.41) is 16.4. The predicted molar refractivity (Wildman–Crippen MR) is 180 cm³/mol. The van der Waals surface area contributed by atoms with Gasteiger partial charge < -0.3 is 14.2 Å². The third-order valence-electron chi connectivity index (χ3n) is 7.35. The van der Waals surface area contributed by atoms with Gasteiger partial charge in [-0.15, -0.1) is 0 Å². The van der Waals surface area contributed by atoms with Crippen molar-refractivity contribution >= 4 is 34.4 Å². The first-order chi connectivity index (χ1) is 22.1. The Kier molecular flexibility index (Phi) is 9.67. The Morgan fingerprint density at radius 1 is 1.04 bits per heavy atom. The molecule has 0 unspecified atom stereocenters. The number of halogens is 1. The summed E-state index contributed by atoms with van der Waals surface area (Å²) in [6.45, 7) is 8.64. The Morgan fingerprint density at radius 3 is 2.54 bits per heavy atom. The van der Waals surface area contributed by atoms with Crippen LogP contribution in [0.4, 0.5) is 5.69 Å². The van der Waals surface area contributed by atoms with Crippen molar-refractivity contribution in [2.24, 2.45) is 5.10 Å². The Labute approximate surface area is 271 Å². The lowest BCUT2D eigenvalue weighted by Crippen LogP contribution is -2.21. The summed E-state index contributed by atoms with van der Waals surface area (Å²) in [6.07, 6.45) is 1.51. The van der Waals surface area contributed by atoms with Gasteiger partial charge in [-0.3, -0.25) is 14.9 Å². The van der Waals surface area contributed by atoms with Crippen molar-refractivity contribution in [1.29, 1.82) is 0 Å². The van der Waals surface area contributed by atoms with Crippen LogP contribution in [0.1, 0.15) is 48.9 Å². The molecule has 0 saturated carbocycles. The molecule has 0 aliphatic heterocycles. The van der Waals surface area contributed by atoms with Crippen LogP contribution < -0.4 is 19.8 Å². The fraction of sp³-hybridized carbons (Fsp3) is 0.229. The molecule has 0 amide bonds. The zero-order chi connectivity index (χ0) is 33.0. The number of hydrogen-bond donors (Lipinski definition) is 0. The average molecular weight is 641 g/mol. The predicted octanol–water partition coefficient (Wildman–Crippen LogP) is 7.93. The molecule has 0 bridgehead atoms. The Bertz CT molecular complexity index is 2020. The first-order valence-electron chi connectivity index (χ1n) is 14.7. The van der Waals surface area contributed by atoms with Crippen LogP contribution in [0.15, 0.2) is 82.7 Å². The lowest BCUT2D eigenvalue weighted by atomic mass is 9.96. The molecule has 0 radical (unpaired) electrons. The molecule has 0 N–H and O–H groups in total. The van der Waals surface area contributed by atoms with Crippen molar-refractivity contribution < 1.29 is 19.1 Å². The summed E-state index contributed by atoms with van der Waals surface area (Å²) >= 11 is 6.62. The van der Waals surface area contributed by atoms with E-state index in [0.29, 0.717) is 40.2 Å². The molecule has 1 aromatic heterocycles. The van der Waals surface area contributed by atoms with Gasteiger partial charge in [-0.05, 0) is 78.4 Å². The number of nitro groups is 1. The third kappa shape index (κ3) is 6.72. The topological polar surface area (TPSA) is 118 Å². The van der Waals surface area contributed by atoms with Crippen molar-refractivity contribution in [2.75, 3.05) is 13.7 Å². The van der Waals surface area contributed by atoms with Crippen LogP contribution in [0.3, 0.4) is 0 Å². The number of nitrogens with zero attached hydrogens (tertiary/aromatic N) is 4. The highest BCUT2D eigenvalue weighted by Gasteiger charge is 2.19. The number of hydrogen-bond acceptors (Lipinski definition) is 8. The number of nitro benzene ring substituents is 1. The number of benzene rings is 4. The second-order valence-electron chi connectivity index (χ2n) is 10.9. The van der Waals surface area contributed by atoms with Crippen molar-refractivity contribution in [2.45, 2.75) is 40.2 Å².